The van der Waals surface area contributed by atoms with Gasteiger partial charge in [-0.2, -0.15) is 5.26 Å². The molecule has 0 heterocycles. The van der Waals surface area contributed by atoms with Crippen LogP contribution in [0, 0.1) is 24.1 Å². The molecule has 0 radical (unpaired) electrons. The highest BCUT2D eigenvalue weighted by molar-refractivity contribution is 6.32. The molecule has 3 nitrogen and oxygen atoms in total. The highest BCUT2D eigenvalue weighted by Crippen LogP contribution is 2.21. The predicted molar refractivity (Wildman–Crippen MR) is 75.3 cm³/mol. The Morgan fingerprint density at radius 3 is 2.70 bits per heavy atom. The standard InChI is InChI=1S/C15H10ClFN2O/c1-9-2-5-14(17)12(6-9)15(20)19-11-4-3-10(8-18)13(16)7-11/h2-7H,1H3,(H,19,20). The third kappa shape index (κ3) is 2.95. The van der Waals surface area contributed by atoms with Crippen molar-refractivity contribution in [1.29, 1.82) is 5.26 Å². The van der Waals surface area contributed by atoms with Crippen molar-refractivity contribution in [3.63, 3.8) is 0 Å². The number of rotatable bonds is 2. The first-order valence-electron chi connectivity index (χ1n) is 5.78. The largest absolute Gasteiger partial charge is 0.322 e. The number of nitrogens with zero attached hydrogens (tertiary/aromatic N) is 1. The van der Waals surface area contributed by atoms with E-state index in [1.165, 1.54) is 30.3 Å². The highest BCUT2D eigenvalue weighted by atomic mass is 35.5. The topological polar surface area (TPSA) is 52.9 Å². The quantitative estimate of drug-likeness (QED) is 0.911. The summed E-state index contributed by atoms with van der Waals surface area (Å²) in [7, 11) is 0. The number of amides is 1. The van der Waals surface area contributed by atoms with E-state index in [4.69, 9.17) is 16.9 Å². The second-order valence-corrected chi connectivity index (χ2v) is 4.65. The molecule has 2 rings (SSSR count). The monoisotopic (exact) mass is 288 g/mol. The molecule has 5 heteroatoms. The minimum absolute atomic E-state index is 0.0366. The van der Waals surface area contributed by atoms with Crippen LogP contribution in [0.4, 0.5) is 10.1 Å². The first kappa shape index (κ1) is 14.0. The van der Waals surface area contributed by atoms with Crippen LogP contribution in [0.15, 0.2) is 36.4 Å². The van der Waals surface area contributed by atoms with E-state index in [0.29, 0.717) is 11.3 Å². The van der Waals surface area contributed by atoms with Crippen LogP contribution in [-0.4, -0.2) is 5.91 Å². The van der Waals surface area contributed by atoms with Gasteiger partial charge in [-0.25, -0.2) is 4.39 Å². The predicted octanol–water partition coefficient (Wildman–Crippen LogP) is 3.91. The van der Waals surface area contributed by atoms with E-state index in [9.17, 15) is 9.18 Å². The number of hydrogen-bond acceptors (Lipinski definition) is 2. The number of aryl methyl sites for hydroxylation is 1. The molecule has 0 saturated carbocycles. The van der Waals surface area contributed by atoms with Crippen LogP contribution in [0.1, 0.15) is 21.5 Å². The zero-order chi connectivity index (χ0) is 14.7. The van der Waals surface area contributed by atoms with E-state index >= 15 is 0 Å². The lowest BCUT2D eigenvalue weighted by Crippen LogP contribution is -2.14. The molecule has 0 aliphatic rings. The number of nitriles is 1. The molecule has 1 N–H and O–H groups in total. The van der Waals surface area contributed by atoms with Gasteiger partial charge in [-0.3, -0.25) is 4.79 Å². The van der Waals surface area contributed by atoms with Gasteiger partial charge in [0.05, 0.1) is 16.1 Å². The first-order chi connectivity index (χ1) is 9.51. The molecule has 20 heavy (non-hydrogen) atoms. The van der Waals surface area contributed by atoms with Crippen molar-refractivity contribution >= 4 is 23.2 Å². The molecule has 0 aromatic heterocycles. The fourth-order valence-corrected chi connectivity index (χ4v) is 1.92. The molecule has 0 atom stereocenters. The second kappa shape index (κ2) is 5.72. The zero-order valence-corrected chi connectivity index (χ0v) is 11.3. The van der Waals surface area contributed by atoms with Gasteiger partial charge in [0.25, 0.3) is 5.91 Å². The lowest BCUT2D eigenvalue weighted by atomic mass is 10.1. The van der Waals surface area contributed by atoms with Gasteiger partial charge in [0.15, 0.2) is 0 Å². The van der Waals surface area contributed by atoms with Crippen LogP contribution in [0.2, 0.25) is 5.02 Å². The van der Waals surface area contributed by atoms with Crippen LogP contribution in [-0.2, 0) is 0 Å². The molecule has 0 spiro atoms. The maximum atomic E-state index is 13.6. The number of hydrogen-bond donors (Lipinski definition) is 1. The van der Waals surface area contributed by atoms with E-state index in [1.807, 2.05) is 6.07 Å². The number of benzene rings is 2. The summed E-state index contributed by atoms with van der Waals surface area (Å²) in [6, 6.07) is 10.7. The Balaban J connectivity index is 2.26. The Bertz CT molecular complexity index is 722. The van der Waals surface area contributed by atoms with E-state index in [2.05, 4.69) is 5.32 Å². The van der Waals surface area contributed by atoms with E-state index in [0.717, 1.165) is 5.56 Å². The summed E-state index contributed by atoms with van der Waals surface area (Å²) in [6.45, 7) is 1.77. The molecule has 100 valence electrons. The van der Waals surface area contributed by atoms with Gasteiger partial charge in [0.1, 0.15) is 11.9 Å². The normalized spacial score (nSPS) is 9.90. The molecule has 1 amide bonds. The minimum atomic E-state index is -0.590. The average Bonchev–Trinajstić information content (AvgIpc) is 2.41. The number of anilines is 1. The summed E-state index contributed by atoms with van der Waals surface area (Å²) in [4.78, 5) is 12.0. The molecule has 2 aromatic rings. The van der Waals surface area contributed by atoms with Crippen LogP contribution in [0.3, 0.4) is 0 Å². The van der Waals surface area contributed by atoms with Gasteiger partial charge in [-0.1, -0.05) is 23.2 Å². The Morgan fingerprint density at radius 2 is 2.05 bits per heavy atom. The minimum Gasteiger partial charge on any atom is -0.322 e. The maximum Gasteiger partial charge on any atom is 0.258 e. The number of halogens is 2. The van der Waals surface area contributed by atoms with Gasteiger partial charge in [0.2, 0.25) is 0 Å². The molecular weight excluding hydrogens is 279 g/mol. The lowest BCUT2D eigenvalue weighted by molar-refractivity contribution is 0.102. The Kier molecular flexibility index (Phi) is 4.02. The Hall–Kier alpha value is -2.38. The third-order valence-corrected chi connectivity index (χ3v) is 3.03. The Morgan fingerprint density at radius 1 is 1.30 bits per heavy atom. The van der Waals surface area contributed by atoms with Crippen molar-refractivity contribution in [2.75, 3.05) is 5.32 Å². The molecule has 0 aliphatic carbocycles. The van der Waals surface area contributed by atoms with Crippen LogP contribution >= 0.6 is 11.6 Å². The average molecular weight is 289 g/mol. The molecule has 0 unspecified atom stereocenters. The van der Waals surface area contributed by atoms with E-state index < -0.39 is 11.7 Å². The summed E-state index contributed by atoms with van der Waals surface area (Å²) >= 11 is 5.87. The fourth-order valence-electron chi connectivity index (χ4n) is 1.70. The van der Waals surface area contributed by atoms with Gasteiger partial charge < -0.3 is 5.32 Å². The number of nitrogens with one attached hydrogen (secondary N) is 1. The van der Waals surface area contributed by atoms with Gasteiger partial charge in [-0.05, 0) is 37.3 Å². The number of carbonyl (C=O) groups is 1. The SMILES string of the molecule is Cc1ccc(F)c(C(=O)Nc2ccc(C#N)c(Cl)c2)c1. The van der Waals surface area contributed by atoms with Gasteiger partial charge in [0, 0.05) is 5.69 Å². The number of carbonyl (C=O) groups excluding carboxylic acids is 1. The van der Waals surface area contributed by atoms with Crippen molar-refractivity contribution in [3.05, 3.63) is 63.9 Å². The molecule has 0 aliphatic heterocycles. The van der Waals surface area contributed by atoms with E-state index in [1.54, 1.807) is 13.0 Å². The lowest BCUT2D eigenvalue weighted by Gasteiger charge is -2.07. The van der Waals surface area contributed by atoms with Crippen molar-refractivity contribution < 1.29 is 9.18 Å². The summed E-state index contributed by atoms with van der Waals surface area (Å²) in [5.41, 5.74) is 1.46. The van der Waals surface area contributed by atoms with Crippen molar-refractivity contribution in [2.24, 2.45) is 0 Å². The maximum absolute atomic E-state index is 13.6. The summed E-state index contributed by atoms with van der Waals surface area (Å²) in [6.07, 6.45) is 0. The molecular formula is C15H10ClFN2O. The van der Waals surface area contributed by atoms with Crippen molar-refractivity contribution in [3.8, 4) is 6.07 Å². The summed E-state index contributed by atoms with van der Waals surface area (Å²) in [5, 5.41) is 11.5. The highest BCUT2D eigenvalue weighted by Gasteiger charge is 2.12. The fraction of sp³-hybridized carbons (Fsp3) is 0.0667. The van der Waals surface area contributed by atoms with E-state index in [-0.39, 0.29) is 10.6 Å². The van der Waals surface area contributed by atoms with Crippen LogP contribution in [0.25, 0.3) is 0 Å². The van der Waals surface area contributed by atoms with Crippen LogP contribution < -0.4 is 5.32 Å². The van der Waals surface area contributed by atoms with Gasteiger partial charge >= 0.3 is 0 Å². The summed E-state index contributed by atoms with van der Waals surface area (Å²) in [5.74, 6) is -1.15. The molecule has 2 aromatic carbocycles. The first-order valence-corrected chi connectivity index (χ1v) is 6.16. The van der Waals surface area contributed by atoms with Crippen molar-refractivity contribution in [2.45, 2.75) is 6.92 Å². The molecule has 0 bridgehead atoms. The molecule has 0 saturated heterocycles. The van der Waals surface area contributed by atoms with Crippen LogP contribution in [0.5, 0.6) is 0 Å². The second-order valence-electron chi connectivity index (χ2n) is 4.24. The Labute approximate surface area is 120 Å². The van der Waals surface area contributed by atoms with Gasteiger partial charge in [-0.15, -0.1) is 0 Å². The molecule has 0 fully saturated rings. The third-order valence-electron chi connectivity index (χ3n) is 2.71. The van der Waals surface area contributed by atoms with Crippen molar-refractivity contribution in [1.82, 2.24) is 0 Å². The smallest absolute Gasteiger partial charge is 0.258 e. The summed E-state index contributed by atoms with van der Waals surface area (Å²) < 4.78 is 13.6. The zero-order valence-electron chi connectivity index (χ0n) is 10.6.